The van der Waals surface area contributed by atoms with Crippen molar-refractivity contribution in [2.24, 2.45) is 10.9 Å². The molecule has 110 valence electrons. The van der Waals surface area contributed by atoms with Crippen LogP contribution in [0, 0.1) is 6.92 Å². The van der Waals surface area contributed by atoms with E-state index in [1.807, 2.05) is 13.0 Å². The van der Waals surface area contributed by atoms with E-state index < -0.39 is 0 Å². The maximum atomic E-state index is 8.80. The number of hydrogen-bond donors (Lipinski definition) is 2. The molecule has 0 aliphatic carbocycles. The smallest absolute Gasteiger partial charge is 0.170 e. The summed E-state index contributed by atoms with van der Waals surface area (Å²) >= 11 is 0. The van der Waals surface area contributed by atoms with E-state index in [2.05, 4.69) is 22.0 Å². The molecule has 0 radical (unpaired) electrons. The molecule has 0 aromatic carbocycles. The highest BCUT2D eigenvalue weighted by molar-refractivity contribution is 5.97. The third-order valence-corrected chi connectivity index (χ3v) is 3.50. The Bertz CT molecular complexity index is 484. The zero-order valence-corrected chi connectivity index (χ0v) is 12.0. The van der Waals surface area contributed by atoms with Gasteiger partial charge in [0.05, 0.1) is 6.10 Å². The quantitative estimate of drug-likeness (QED) is 0.369. The fraction of sp³-hybridized carbons (Fsp3) is 0.571. The molecule has 6 nitrogen and oxygen atoms in total. The van der Waals surface area contributed by atoms with Gasteiger partial charge in [-0.15, -0.1) is 0 Å². The van der Waals surface area contributed by atoms with Crippen LogP contribution in [0.25, 0.3) is 0 Å². The lowest BCUT2D eigenvalue weighted by Crippen LogP contribution is -2.33. The summed E-state index contributed by atoms with van der Waals surface area (Å²) in [7, 11) is 0. The second-order valence-electron chi connectivity index (χ2n) is 5.01. The minimum absolute atomic E-state index is 0.102. The van der Waals surface area contributed by atoms with Gasteiger partial charge in [0, 0.05) is 31.0 Å². The Labute approximate surface area is 119 Å². The molecule has 0 saturated carbocycles. The largest absolute Gasteiger partial charge is 0.409 e. The first kappa shape index (κ1) is 14.6. The molecule has 20 heavy (non-hydrogen) atoms. The van der Waals surface area contributed by atoms with Crippen molar-refractivity contribution in [3.63, 3.8) is 0 Å². The minimum Gasteiger partial charge on any atom is -0.409 e. The van der Waals surface area contributed by atoms with E-state index in [1.165, 1.54) is 0 Å². The normalized spacial score (nSPS) is 19.3. The third-order valence-electron chi connectivity index (χ3n) is 3.50. The number of ether oxygens (including phenoxy) is 1. The molecule has 0 bridgehead atoms. The summed E-state index contributed by atoms with van der Waals surface area (Å²) in [5.74, 6) is 0.939. The molecule has 1 aromatic rings. The molecular formula is C14H22N4O2. The van der Waals surface area contributed by atoms with Gasteiger partial charge in [-0.1, -0.05) is 5.16 Å². The number of rotatable bonds is 5. The first-order valence-electron chi connectivity index (χ1n) is 6.97. The topological polar surface area (TPSA) is 84.0 Å². The van der Waals surface area contributed by atoms with Crippen LogP contribution >= 0.6 is 0 Å². The molecule has 1 aliphatic heterocycles. The molecule has 0 amide bonds. The van der Waals surface area contributed by atoms with Crippen LogP contribution in [0.15, 0.2) is 17.3 Å². The molecule has 1 atom stereocenters. The molecule has 0 spiro atoms. The van der Waals surface area contributed by atoms with E-state index >= 15 is 0 Å². The molecule has 1 fully saturated rings. The summed E-state index contributed by atoms with van der Waals surface area (Å²) in [6, 6.07) is 3.65. The number of amidine groups is 1. The number of oxime groups is 1. The van der Waals surface area contributed by atoms with E-state index in [9.17, 15) is 0 Å². The Morgan fingerprint density at radius 3 is 3.00 bits per heavy atom. The van der Waals surface area contributed by atoms with Crippen molar-refractivity contribution in [3.8, 4) is 0 Å². The van der Waals surface area contributed by atoms with Gasteiger partial charge in [0.2, 0.25) is 0 Å². The Morgan fingerprint density at radius 2 is 2.40 bits per heavy atom. The Balaban J connectivity index is 2.21. The van der Waals surface area contributed by atoms with Gasteiger partial charge >= 0.3 is 0 Å². The molecule has 1 aliphatic rings. The van der Waals surface area contributed by atoms with Gasteiger partial charge in [0.15, 0.2) is 5.84 Å². The lowest BCUT2D eigenvalue weighted by molar-refractivity contribution is 0.115. The number of likely N-dealkylation sites (N-methyl/N-ethyl adjacent to an activating group) is 1. The zero-order valence-electron chi connectivity index (χ0n) is 12.0. The fourth-order valence-electron chi connectivity index (χ4n) is 2.44. The number of aryl methyl sites for hydroxylation is 1. The monoisotopic (exact) mass is 278 g/mol. The van der Waals surface area contributed by atoms with E-state index in [1.54, 1.807) is 6.07 Å². The molecule has 3 N–H and O–H groups in total. The van der Waals surface area contributed by atoms with Gasteiger partial charge in [0.1, 0.15) is 5.82 Å². The summed E-state index contributed by atoms with van der Waals surface area (Å²) in [5, 5.41) is 11.9. The predicted molar refractivity (Wildman–Crippen MR) is 78.3 cm³/mol. The Hall–Kier alpha value is -1.82. The summed E-state index contributed by atoms with van der Waals surface area (Å²) in [5.41, 5.74) is 7.19. The Kier molecular flexibility index (Phi) is 4.79. The van der Waals surface area contributed by atoms with Gasteiger partial charge in [-0.25, -0.2) is 4.98 Å². The Morgan fingerprint density at radius 1 is 1.60 bits per heavy atom. The number of aromatic nitrogens is 1. The van der Waals surface area contributed by atoms with Crippen LogP contribution in [0.4, 0.5) is 5.82 Å². The number of hydrogen-bond acceptors (Lipinski definition) is 5. The van der Waals surface area contributed by atoms with Crippen LogP contribution in [0.5, 0.6) is 0 Å². The predicted octanol–water partition coefficient (Wildman–Crippen LogP) is 1.49. The lowest BCUT2D eigenvalue weighted by Gasteiger charge is -2.25. The lowest BCUT2D eigenvalue weighted by atomic mass is 10.2. The van der Waals surface area contributed by atoms with Gasteiger partial charge in [0.25, 0.3) is 0 Å². The molecular weight excluding hydrogens is 256 g/mol. The molecule has 1 unspecified atom stereocenters. The molecule has 1 saturated heterocycles. The minimum atomic E-state index is 0.102. The van der Waals surface area contributed by atoms with Crippen molar-refractivity contribution < 1.29 is 9.94 Å². The van der Waals surface area contributed by atoms with Gasteiger partial charge in [-0.3, -0.25) is 0 Å². The second kappa shape index (κ2) is 6.56. The van der Waals surface area contributed by atoms with Crippen molar-refractivity contribution in [2.75, 3.05) is 24.6 Å². The summed E-state index contributed by atoms with van der Waals surface area (Å²) in [6.07, 6.45) is 2.48. The molecule has 6 heteroatoms. The highest BCUT2D eigenvalue weighted by Crippen LogP contribution is 2.19. The van der Waals surface area contributed by atoms with Crippen molar-refractivity contribution in [2.45, 2.75) is 32.8 Å². The maximum Gasteiger partial charge on any atom is 0.170 e. The van der Waals surface area contributed by atoms with Crippen molar-refractivity contribution in [1.82, 2.24) is 4.98 Å². The standard InChI is InChI=1S/C14H22N4O2/c1-3-18(9-12-5-4-6-20-12)13-8-11(14(15)17-19)7-10(2)16-13/h7-8,12,19H,3-6,9H2,1-2H3,(H2,15,17). The number of anilines is 1. The van der Waals surface area contributed by atoms with E-state index in [0.29, 0.717) is 5.56 Å². The van der Waals surface area contributed by atoms with Crippen LogP contribution in [0.2, 0.25) is 0 Å². The van der Waals surface area contributed by atoms with Crippen molar-refractivity contribution in [3.05, 3.63) is 23.4 Å². The number of nitrogens with two attached hydrogens (primary N) is 1. The van der Waals surface area contributed by atoms with Crippen LogP contribution in [-0.2, 0) is 4.74 Å². The van der Waals surface area contributed by atoms with E-state index in [4.69, 9.17) is 15.7 Å². The molecule has 2 heterocycles. The van der Waals surface area contributed by atoms with Crippen molar-refractivity contribution in [1.29, 1.82) is 0 Å². The van der Waals surface area contributed by atoms with Crippen LogP contribution in [-0.4, -0.2) is 41.8 Å². The second-order valence-corrected chi connectivity index (χ2v) is 5.01. The van der Waals surface area contributed by atoms with Gasteiger partial charge < -0.3 is 20.6 Å². The zero-order chi connectivity index (χ0) is 14.5. The van der Waals surface area contributed by atoms with Crippen LogP contribution < -0.4 is 10.6 Å². The third kappa shape index (κ3) is 3.39. The van der Waals surface area contributed by atoms with Crippen LogP contribution in [0.3, 0.4) is 0 Å². The first-order valence-corrected chi connectivity index (χ1v) is 6.97. The van der Waals surface area contributed by atoms with E-state index in [0.717, 1.165) is 44.0 Å². The van der Waals surface area contributed by atoms with Gasteiger partial charge in [-0.2, -0.15) is 0 Å². The van der Waals surface area contributed by atoms with E-state index in [-0.39, 0.29) is 11.9 Å². The summed E-state index contributed by atoms with van der Waals surface area (Å²) in [6.45, 7) is 6.49. The average molecular weight is 278 g/mol. The number of nitrogens with zero attached hydrogens (tertiary/aromatic N) is 3. The summed E-state index contributed by atoms with van der Waals surface area (Å²) in [4.78, 5) is 6.71. The molecule has 1 aromatic heterocycles. The highest BCUT2D eigenvalue weighted by atomic mass is 16.5. The first-order chi connectivity index (χ1) is 9.63. The van der Waals surface area contributed by atoms with Crippen LogP contribution in [0.1, 0.15) is 31.0 Å². The average Bonchev–Trinajstić information content (AvgIpc) is 2.96. The van der Waals surface area contributed by atoms with Crippen molar-refractivity contribution >= 4 is 11.7 Å². The fourth-order valence-corrected chi connectivity index (χ4v) is 2.44. The molecule has 2 rings (SSSR count). The summed E-state index contributed by atoms with van der Waals surface area (Å²) < 4.78 is 5.68. The highest BCUT2D eigenvalue weighted by Gasteiger charge is 2.20. The number of pyridine rings is 1. The van der Waals surface area contributed by atoms with Gasteiger partial charge in [-0.05, 0) is 38.8 Å². The maximum absolute atomic E-state index is 8.80. The SMILES string of the molecule is CCN(CC1CCCO1)c1cc(/C(N)=N/O)cc(C)n1.